The van der Waals surface area contributed by atoms with E-state index < -0.39 is 23.5 Å². The Hall–Kier alpha value is -1.10. The summed E-state index contributed by atoms with van der Waals surface area (Å²) in [5.41, 5.74) is -1.50. The molecule has 2 N–H and O–H groups in total. The summed E-state index contributed by atoms with van der Waals surface area (Å²) in [7, 11) is 1.27. The van der Waals surface area contributed by atoms with E-state index in [1.807, 2.05) is 0 Å². The van der Waals surface area contributed by atoms with Crippen LogP contribution in [0.15, 0.2) is 0 Å². The maximum absolute atomic E-state index is 11.9. The lowest BCUT2D eigenvalue weighted by molar-refractivity contribution is -0.151. The standard InChI is InChI=1S/C12H23NO4/c1-7(2)9(10(14)17-6)13-11(15)12(5,16)8(3)4/h7-9,16H,1-6H3,(H,13,15)/t9-,12-/m0/s1. The molecule has 0 unspecified atom stereocenters. The second-order valence-electron chi connectivity index (χ2n) is 5.02. The third-order valence-corrected chi connectivity index (χ3v) is 2.99. The highest BCUT2D eigenvalue weighted by Crippen LogP contribution is 2.17. The number of methoxy groups -OCH3 is 1. The van der Waals surface area contributed by atoms with Gasteiger partial charge in [-0.3, -0.25) is 4.79 Å². The lowest BCUT2D eigenvalue weighted by atomic mass is 9.90. The number of aliphatic hydroxyl groups is 1. The van der Waals surface area contributed by atoms with Crippen molar-refractivity contribution in [2.75, 3.05) is 7.11 Å². The number of hydrogen-bond donors (Lipinski definition) is 2. The van der Waals surface area contributed by atoms with Gasteiger partial charge in [-0.1, -0.05) is 27.7 Å². The van der Waals surface area contributed by atoms with Gasteiger partial charge in [0.05, 0.1) is 7.11 Å². The molecule has 0 radical (unpaired) electrons. The highest BCUT2D eigenvalue weighted by Gasteiger charge is 2.37. The number of hydrogen-bond acceptors (Lipinski definition) is 4. The molecule has 1 amide bonds. The molecule has 0 heterocycles. The van der Waals surface area contributed by atoms with Crippen LogP contribution in [0.1, 0.15) is 34.6 Å². The van der Waals surface area contributed by atoms with Crippen LogP contribution in [0.25, 0.3) is 0 Å². The first-order chi connectivity index (χ1) is 7.64. The molecule has 0 aliphatic rings. The summed E-state index contributed by atoms with van der Waals surface area (Å²) in [6, 6.07) is -0.738. The topological polar surface area (TPSA) is 75.6 Å². The molecular weight excluding hydrogens is 222 g/mol. The minimum Gasteiger partial charge on any atom is -0.467 e. The van der Waals surface area contributed by atoms with Gasteiger partial charge in [0.2, 0.25) is 0 Å². The Labute approximate surface area is 103 Å². The second kappa shape index (κ2) is 6.00. The van der Waals surface area contributed by atoms with Gasteiger partial charge in [0, 0.05) is 0 Å². The largest absolute Gasteiger partial charge is 0.467 e. The number of ether oxygens (including phenoxy) is 1. The van der Waals surface area contributed by atoms with E-state index in [1.54, 1.807) is 27.7 Å². The lowest BCUT2D eigenvalue weighted by Crippen LogP contribution is -2.55. The van der Waals surface area contributed by atoms with E-state index in [0.29, 0.717) is 0 Å². The van der Waals surface area contributed by atoms with E-state index in [9.17, 15) is 14.7 Å². The third kappa shape index (κ3) is 4.00. The van der Waals surface area contributed by atoms with Gasteiger partial charge in [0.25, 0.3) is 5.91 Å². The molecule has 100 valence electrons. The van der Waals surface area contributed by atoms with Crippen LogP contribution >= 0.6 is 0 Å². The van der Waals surface area contributed by atoms with E-state index >= 15 is 0 Å². The van der Waals surface area contributed by atoms with Gasteiger partial charge in [-0.15, -0.1) is 0 Å². The van der Waals surface area contributed by atoms with Crippen LogP contribution in [0.5, 0.6) is 0 Å². The van der Waals surface area contributed by atoms with Gasteiger partial charge < -0.3 is 15.2 Å². The van der Waals surface area contributed by atoms with Crippen molar-refractivity contribution in [1.82, 2.24) is 5.32 Å². The molecule has 0 saturated heterocycles. The van der Waals surface area contributed by atoms with Crippen LogP contribution < -0.4 is 5.32 Å². The molecule has 0 aromatic carbocycles. The van der Waals surface area contributed by atoms with Crippen molar-refractivity contribution in [3.05, 3.63) is 0 Å². The molecule has 0 spiro atoms. The molecule has 0 aliphatic heterocycles. The van der Waals surface area contributed by atoms with Crippen molar-refractivity contribution < 1.29 is 19.4 Å². The Kier molecular flexibility index (Phi) is 5.61. The summed E-state index contributed by atoms with van der Waals surface area (Å²) in [6.07, 6.45) is 0. The predicted octanol–water partition coefficient (Wildman–Crippen LogP) is 0.707. The Morgan fingerprint density at radius 3 is 2.00 bits per heavy atom. The molecule has 17 heavy (non-hydrogen) atoms. The maximum Gasteiger partial charge on any atom is 0.328 e. The number of amides is 1. The van der Waals surface area contributed by atoms with Crippen LogP contribution in [0.2, 0.25) is 0 Å². The van der Waals surface area contributed by atoms with Gasteiger partial charge in [-0.25, -0.2) is 4.79 Å². The summed E-state index contributed by atoms with van der Waals surface area (Å²) in [5, 5.41) is 12.5. The van der Waals surface area contributed by atoms with Crippen molar-refractivity contribution in [3.63, 3.8) is 0 Å². The average molecular weight is 245 g/mol. The van der Waals surface area contributed by atoms with Crippen molar-refractivity contribution in [3.8, 4) is 0 Å². The van der Waals surface area contributed by atoms with E-state index in [0.717, 1.165) is 0 Å². The quantitative estimate of drug-likeness (QED) is 0.699. The van der Waals surface area contributed by atoms with Crippen LogP contribution in [0, 0.1) is 11.8 Å². The van der Waals surface area contributed by atoms with Gasteiger partial charge >= 0.3 is 5.97 Å². The fourth-order valence-electron chi connectivity index (χ4n) is 1.17. The van der Waals surface area contributed by atoms with Crippen LogP contribution in [-0.2, 0) is 14.3 Å². The predicted molar refractivity (Wildman–Crippen MR) is 64.2 cm³/mol. The minimum atomic E-state index is -1.50. The van der Waals surface area contributed by atoms with Crippen molar-refractivity contribution in [2.45, 2.75) is 46.3 Å². The molecule has 0 aromatic heterocycles. The minimum absolute atomic E-state index is 0.102. The normalized spacial score (nSPS) is 16.5. The molecule has 2 atom stereocenters. The van der Waals surface area contributed by atoms with Crippen LogP contribution in [0.3, 0.4) is 0 Å². The summed E-state index contributed by atoms with van der Waals surface area (Å²) < 4.78 is 4.61. The van der Waals surface area contributed by atoms with Crippen molar-refractivity contribution in [1.29, 1.82) is 0 Å². The fraction of sp³-hybridized carbons (Fsp3) is 0.833. The molecule has 0 fully saturated rings. The maximum atomic E-state index is 11.9. The summed E-state index contributed by atoms with van der Waals surface area (Å²) >= 11 is 0. The average Bonchev–Trinajstić information content (AvgIpc) is 2.23. The molecular formula is C12H23NO4. The second-order valence-corrected chi connectivity index (χ2v) is 5.02. The first-order valence-corrected chi connectivity index (χ1v) is 5.75. The van der Waals surface area contributed by atoms with Crippen LogP contribution in [-0.4, -0.2) is 35.7 Å². The number of carbonyl (C=O) groups excluding carboxylic acids is 2. The SMILES string of the molecule is COC(=O)[C@@H](NC(=O)[C@@](C)(O)C(C)C)C(C)C. The molecule has 5 nitrogen and oxygen atoms in total. The first kappa shape index (κ1) is 15.9. The number of nitrogens with one attached hydrogen (secondary N) is 1. The van der Waals surface area contributed by atoms with E-state index in [-0.39, 0.29) is 11.8 Å². The molecule has 0 aliphatic carbocycles. The number of esters is 1. The summed E-state index contributed by atoms with van der Waals surface area (Å²) in [5.74, 6) is -1.41. The van der Waals surface area contributed by atoms with Gasteiger partial charge in [0.15, 0.2) is 0 Å². The lowest BCUT2D eigenvalue weighted by Gasteiger charge is -2.29. The Morgan fingerprint density at radius 1 is 1.24 bits per heavy atom. The van der Waals surface area contributed by atoms with Gasteiger partial charge in [0.1, 0.15) is 11.6 Å². The van der Waals surface area contributed by atoms with Crippen molar-refractivity contribution in [2.24, 2.45) is 11.8 Å². The molecule has 0 saturated carbocycles. The van der Waals surface area contributed by atoms with Gasteiger partial charge in [-0.2, -0.15) is 0 Å². The zero-order chi connectivity index (χ0) is 13.8. The Morgan fingerprint density at radius 2 is 1.71 bits per heavy atom. The molecule has 0 bridgehead atoms. The number of carbonyl (C=O) groups is 2. The Balaban J connectivity index is 4.79. The Bertz CT molecular complexity index is 284. The van der Waals surface area contributed by atoms with E-state index in [1.165, 1.54) is 14.0 Å². The highest BCUT2D eigenvalue weighted by atomic mass is 16.5. The smallest absolute Gasteiger partial charge is 0.328 e. The third-order valence-electron chi connectivity index (χ3n) is 2.99. The molecule has 5 heteroatoms. The zero-order valence-electron chi connectivity index (χ0n) is 11.4. The van der Waals surface area contributed by atoms with Crippen LogP contribution in [0.4, 0.5) is 0 Å². The highest BCUT2D eigenvalue weighted by molar-refractivity contribution is 5.89. The van der Waals surface area contributed by atoms with E-state index in [4.69, 9.17) is 0 Å². The van der Waals surface area contributed by atoms with Gasteiger partial charge in [-0.05, 0) is 18.8 Å². The van der Waals surface area contributed by atoms with E-state index in [2.05, 4.69) is 10.1 Å². The molecule has 0 aromatic rings. The summed E-state index contributed by atoms with van der Waals surface area (Å²) in [4.78, 5) is 23.3. The first-order valence-electron chi connectivity index (χ1n) is 5.75. The fourth-order valence-corrected chi connectivity index (χ4v) is 1.17. The monoisotopic (exact) mass is 245 g/mol. The molecule has 0 rings (SSSR count). The summed E-state index contributed by atoms with van der Waals surface area (Å²) in [6.45, 7) is 8.50. The zero-order valence-corrected chi connectivity index (χ0v) is 11.4. The number of rotatable bonds is 5. The van der Waals surface area contributed by atoms with Crippen molar-refractivity contribution >= 4 is 11.9 Å².